The summed E-state index contributed by atoms with van der Waals surface area (Å²) in [6.45, 7) is 9.85. The number of anilines is 3. The Bertz CT molecular complexity index is 2970. The second-order valence-corrected chi connectivity index (χ2v) is 21.3. The number of carbonyl (C=O) groups excluding carboxylic acids is 5. The van der Waals surface area contributed by atoms with Gasteiger partial charge >= 0.3 is 0 Å². The van der Waals surface area contributed by atoms with E-state index in [0.29, 0.717) is 29.3 Å². The number of amides is 5. The number of benzene rings is 3. The molecule has 1 unspecified atom stereocenters. The molecule has 0 spiro atoms. The summed E-state index contributed by atoms with van der Waals surface area (Å²) < 4.78 is 0. The molecule has 3 aromatic carbocycles. The molecule has 5 aliphatic heterocycles. The van der Waals surface area contributed by atoms with Crippen LogP contribution in [0, 0.1) is 6.92 Å². The van der Waals surface area contributed by atoms with Crippen molar-refractivity contribution < 1.29 is 24.0 Å². The maximum absolute atomic E-state index is 13.5. The Morgan fingerprint density at radius 2 is 1.69 bits per heavy atom. The second kappa shape index (κ2) is 20.8. The van der Waals surface area contributed by atoms with E-state index in [1.807, 2.05) is 55.6 Å². The maximum atomic E-state index is 13.5. The molecule has 16 nitrogen and oxygen atoms in total. The van der Waals surface area contributed by atoms with Gasteiger partial charge in [-0.25, -0.2) is 15.0 Å². The number of rotatable bonds is 12. The van der Waals surface area contributed by atoms with E-state index in [4.69, 9.17) is 17.3 Å². The Hall–Kier alpha value is -6.66. The zero-order chi connectivity index (χ0) is 50.1. The van der Waals surface area contributed by atoms with Crippen LogP contribution in [0.15, 0.2) is 101 Å². The van der Waals surface area contributed by atoms with Crippen LogP contribution in [-0.4, -0.2) is 111 Å². The molecule has 3 saturated heterocycles. The Morgan fingerprint density at radius 3 is 2.42 bits per heavy atom. The largest absolute Gasteiger partial charge is 0.371 e. The molecule has 1 atom stereocenters. The second-order valence-electron chi connectivity index (χ2n) is 19.8. The van der Waals surface area contributed by atoms with Gasteiger partial charge in [0.2, 0.25) is 11.8 Å². The van der Waals surface area contributed by atoms with Crippen LogP contribution in [0.3, 0.4) is 0 Å². The molecule has 5 amide bonds. The number of nitrogens with two attached hydrogens (primary N) is 1. The van der Waals surface area contributed by atoms with E-state index in [1.54, 1.807) is 24.5 Å². The predicted octanol–water partition coefficient (Wildman–Crippen LogP) is 7.00. The van der Waals surface area contributed by atoms with Gasteiger partial charge in [-0.3, -0.25) is 34.2 Å². The van der Waals surface area contributed by atoms with Crippen LogP contribution in [0.1, 0.15) is 105 Å². The summed E-state index contributed by atoms with van der Waals surface area (Å²) in [5.41, 5.74) is 13.8. The van der Waals surface area contributed by atoms with Crippen molar-refractivity contribution in [1.82, 2.24) is 35.4 Å². The lowest BCUT2D eigenvalue weighted by Gasteiger charge is -2.40. The molecule has 5 aromatic rings. The Morgan fingerprint density at radius 1 is 0.875 bits per heavy atom. The smallest absolute Gasteiger partial charge is 0.271 e. The van der Waals surface area contributed by atoms with Gasteiger partial charge in [0.25, 0.3) is 17.7 Å². The molecule has 0 bridgehead atoms. The van der Waals surface area contributed by atoms with Crippen molar-refractivity contribution in [2.24, 2.45) is 5.73 Å². The summed E-state index contributed by atoms with van der Waals surface area (Å²) in [5.74, 6) is -0.722. The minimum absolute atomic E-state index is 0.124. The van der Waals surface area contributed by atoms with E-state index in [0.717, 1.165) is 121 Å². The third-order valence-electron chi connectivity index (χ3n) is 14.7. The van der Waals surface area contributed by atoms with Crippen LogP contribution in [-0.2, 0) is 22.7 Å². The highest BCUT2D eigenvalue weighted by Gasteiger charge is 2.39. The van der Waals surface area contributed by atoms with Gasteiger partial charge in [-0.1, -0.05) is 47.6 Å². The SMILES string of the molecule is Cc1cc(N2CCC(N3CC=C(c4cnc(C(=O)NCc5ccc6c(c5)CN(C5CCC(=O)NC5=O)C6=O)c(Cl)c4)CC3)CC2)ccc1C(=O)Nc1cccc(Sc2cnc(N3CCC(C)(N)CC3)cn2)c1. The number of carbonyl (C=O) groups is 5. The number of aromatic nitrogens is 3. The molecular formula is C54H58ClN11O5S. The maximum Gasteiger partial charge on any atom is 0.271 e. The third kappa shape index (κ3) is 10.9. The Labute approximate surface area is 428 Å². The minimum Gasteiger partial charge on any atom is -0.371 e. The van der Waals surface area contributed by atoms with Gasteiger partial charge in [-0.2, -0.15) is 0 Å². The van der Waals surface area contributed by atoms with Crippen molar-refractivity contribution in [2.75, 3.05) is 54.4 Å². The molecule has 10 rings (SSSR count). The number of nitrogens with one attached hydrogen (secondary N) is 3. The fourth-order valence-corrected chi connectivity index (χ4v) is 11.4. The van der Waals surface area contributed by atoms with Crippen LogP contribution in [0.5, 0.6) is 0 Å². The number of hydrogen-bond donors (Lipinski definition) is 4. The first-order chi connectivity index (χ1) is 34.7. The lowest BCUT2D eigenvalue weighted by Crippen LogP contribution is -2.52. The average Bonchev–Trinajstić information content (AvgIpc) is 3.70. The van der Waals surface area contributed by atoms with Crippen molar-refractivity contribution in [3.05, 3.63) is 135 Å². The zero-order valence-corrected chi connectivity index (χ0v) is 42.0. The summed E-state index contributed by atoms with van der Waals surface area (Å²) in [6.07, 6.45) is 12.8. The molecule has 5 N–H and O–H groups in total. The monoisotopic (exact) mass is 1010 g/mol. The fraction of sp³-hybridized carbons (Fsp3) is 0.370. The molecule has 0 saturated carbocycles. The normalized spacial score (nSPS) is 19.4. The zero-order valence-electron chi connectivity index (χ0n) is 40.5. The van der Waals surface area contributed by atoms with Crippen molar-refractivity contribution >= 4 is 75.7 Å². The van der Waals surface area contributed by atoms with E-state index < -0.39 is 17.9 Å². The van der Waals surface area contributed by atoms with Gasteiger partial charge < -0.3 is 31.1 Å². The first-order valence-corrected chi connectivity index (χ1v) is 25.9. The predicted molar refractivity (Wildman–Crippen MR) is 278 cm³/mol. The number of imide groups is 1. The van der Waals surface area contributed by atoms with Crippen LogP contribution in [0.25, 0.3) is 5.57 Å². The number of nitrogens with zero attached hydrogens (tertiary/aromatic N) is 7. The highest BCUT2D eigenvalue weighted by Crippen LogP contribution is 2.33. The fourth-order valence-electron chi connectivity index (χ4n) is 10.4. The van der Waals surface area contributed by atoms with Crippen LogP contribution >= 0.6 is 23.4 Å². The number of pyridine rings is 1. The number of hydrogen-bond acceptors (Lipinski definition) is 13. The van der Waals surface area contributed by atoms with Crippen LogP contribution in [0.2, 0.25) is 5.02 Å². The highest BCUT2D eigenvalue weighted by atomic mass is 35.5. The number of halogens is 1. The van der Waals surface area contributed by atoms with E-state index in [-0.39, 0.29) is 53.5 Å². The minimum atomic E-state index is -0.690. The molecule has 0 aliphatic carbocycles. The Kier molecular flexibility index (Phi) is 14.2. The van der Waals surface area contributed by atoms with Crippen molar-refractivity contribution in [3.63, 3.8) is 0 Å². The van der Waals surface area contributed by atoms with Gasteiger partial charge in [-0.15, -0.1) is 0 Å². The summed E-state index contributed by atoms with van der Waals surface area (Å²) in [5, 5.41) is 9.37. The van der Waals surface area contributed by atoms with Gasteiger partial charge in [0.05, 0.1) is 17.4 Å². The summed E-state index contributed by atoms with van der Waals surface area (Å²) >= 11 is 8.18. The average molecular weight is 1010 g/mol. The van der Waals surface area contributed by atoms with Gasteiger partial charge in [-0.05, 0) is 129 Å². The van der Waals surface area contributed by atoms with E-state index in [1.165, 1.54) is 16.7 Å². The van der Waals surface area contributed by atoms with Crippen LogP contribution in [0.4, 0.5) is 17.2 Å². The molecule has 7 heterocycles. The van der Waals surface area contributed by atoms with Gasteiger partial charge in [0.15, 0.2) is 0 Å². The van der Waals surface area contributed by atoms with E-state index >= 15 is 0 Å². The van der Waals surface area contributed by atoms with Crippen molar-refractivity contribution in [1.29, 1.82) is 0 Å². The first-order valence-electron chi connectivity index (χ1n) is 24.7. The lowest BCUT2D eigenvalue weighted by molar-refractivity contribution is -0.136. The molecule has 2 aromatic heterocycles. The van der Waals surface area contributed by atoms with Crippen molar-refractivity contribution in [2.45, 2.75) is 99.4 Å². The molecule has 18 heteroatoms. The molecular weight excluding hydrogens is 950 g/mol. The molecule has 3 fully saturated rings. The summed E-state index contributed by atoms with van der Waals surface area (Å²) in [7, 11) is 0. The number of fused-ring (bicyclic) bond motifs is 1. The van der Waals surface area contributed by atoms with Gasteiger partial charge in [0, 0.05) is 104 Å². The molecule has 0 radical (unpaired) electrons. The molecule has 372 valence electrons. The topological polar surface area (TPSA) is 199 Å². The Balaban J connectivity index is 0.672. The third-order valence-corrected chi connectivity index (χ3v) is 15.9. The van der Waals surface area contributed by atoms with Crippen LogP contribution < -0.4 is 31.5 Å². The lowest BCUT2D eigenvalue weighted by atomic mass is 9.91. The number of piperidine rings is 3. The standard InChI is InChI=1S/C54H58ClN11O5S/c1-33-24-40(7-9-42(33)50(68)61-38-4-3-5-41(27-38)72-48-31-57-46(30-58-48)65-22-16-54(2,56)17-23-65)64-20-14-39(15-21-64)63-18-12-35(13-19-63)36-26-44(55)49(59-29-36)52(70)60-28-34-6-8-43-37(25-34)32-66(53(43)71)45-10-11-47(67)62-51(45)69/h3-9,12,24-27,29-31,39,45H,10-11,13-23,28,32,56H2,1-2H3,(H,60,70)(H,61,68)(H,62,67,69). The van der Waals surface area contributed by atoms with E-state index in [2.05, 4.69) is 70.7 Å². The highest BCUT2D eigenvalue weighted by molar-refractivity contribution is 7.99. The summed E-state index contributed by atoms with van der Waals surface area (Å²) in [4.78, 5) is 87.4. The molecule has 5 aliphatic rings. The van der Waals surface area contributed by atoms with Gasteiger partial charge in [0.1, 0.15) is 22.6 Å². The molecule has 72 heavy (non-hydrogen) atoms. The quantitative estimate of drug-likeness (QED) is 0.0933. The summed E-state index contributed by atoms with van der Waals surface area (Å²) in [6, 6.07) is 20.8. The van der Waals surface area contributed by atoms with Crippen molar-refractivity contribution in [3.8, 4) is 0 Å². The van der Waals surface area contributed by atoms with E-state index in [9.17, 15) is 24.0 Å². The number of aryl methyl sites for hydroxylation is 1. The first kappa shape index (κ1) is 48.9.